The lowest BCUT2D eigenvalue weighted by Crippen LogP contribution is -2.55. The van der Waals surface area contributed by atoms with Gasteiger partial charge in [-0.25, -0.2) is 4.98 Å². The van der Waals surface area contributed by atoms with Crippen molar-refractivity contribution in [3.05, 3.63) is 23.9 Å². The van der Waals surface area contributed by atoms with Gasteiger partial charge < -0.3 is 20.9 Å². The Hall–Kier alpha value is -2.64. The van der Waals surface area contributed by atoms with E-state index in [0.29, 0.717) is 18.5 Å². The van der Waals surface area contributed by atoms with Gasteiger partial charge in [0.05, 0.1) is 6.54 Å². The summed E-state index contributed by atoms with van der Waals surface area (Å²) >= 11 is 0. The Kier molecular flexibility index (Phi) is 3.44. The normalized spacial score (nSPS) is 24.4. The van der Waals surface area contributed by atoms with E-state index in [-0.39, 0.29) is 36.1 Å². The van der Waals surface area contributed by atoms with Crippen molar-refractivity contribution in [3.8, 4) is 0 Å². The second-order valence-corrected chi connectivity index (χ2v) is 5.63. The number of nitrogens with one attached hydrogen (secondary N) is 1. The quantitative estimate of drug-likeness (QED) is 0.716. The fourth-order valence-corrected chi connectivity index (χ4v) is 2.93. The number of pyridine rings is 1. The fraction of sp³-hybridized carbons (Fsp3) is 0.429. The molecular formula is C14H17N5O3. The number of hydrogen-bond acceptors (Lipinski definition) is 5. The van der Waals surface area contributed by atoms with E-state index in [1.807, 2.05) is 0 Å². The maximum atomic E-state index is 12.2. The van der Waals surface area contributed by atoms with Gasteiger partial charge in [-0.2, -0.15) is 0 Å². The zero-order valence-corrected chi connectivity index (χ0v) is 12.2. The van der Waals surface area contributed by atoms with E-state index in [1.165, 1.54) is 17.2 Å². The minimum Gasteiger partial charge on any atom is -0.384 e. The van der Waals surface area contributed by atoms with Gasteiger partial charge in [-0.3, -0.25) is 14.4 Å². The number of nitrogens with zero attached hydrogens (tertiary/aromatic N) is 3. The Morgan fingerprint density at radius 2 is 2.23 bits per heavy atom. The molecule has 0 saturated carbocycles. The van der Waals surface area contributed by atoms with Crippen LogP contribution in [0.4, 0.5) is 5.82 Å². The van der Waals surface area contributed by atoms with Crippen LogP contribution >= 0.6 is 0 Å². The Morgan fingerprint density at radius 1 is 1.45 bits per heavy atom. The zero-order valence-electron chi connectivity index (χ0n) is 12.2. The SMILES string of the molecule is CN1CC(=O)N2C[C@H](NC(=O)c3ccnc(N)c3)C[C@H]2C1=O. The minimum atomic E-state index is -0.473. The van der Waals surface area contributed by atoms with Crippen LogP contribution in [0.25, 0.3) is 0 Å². The molecule has 0 aromatic carbocycles. The number of amides is 3. The number of carbonyl (C=O) groups excluding carboxylic acids is 3. The van der Waals surface area contributed by atoms with Crippen molar-refractivity contribution in [2.45, 2.75) is 18.5 Å². The van der Waals surface area contributed by atoms with Gasteiger partial charge in [-0.15, -0.1) is 0 Å². The van der Waals surface area contributed by atoms with Crippen LogP contribution in [0.5, 0.6) is 0 Å². The van der Waals surface area contributed by atoms with Crippen LogP contribution < -0.4 is 11.1 Å². The lowest BCUT2D eigenvalue weighted by Gasteiger charge is -2.33. The molecule has 8 nitrogen and oxygen atoms in total. The molecule has 8 heteroatoms. The highest BCUT2D eigenvalue weighted by Crippen LogP contribution is 2.23. The molecule has 2 fully saturated rings. The molecule has 2 aliphatic rings. The third-order valence-electron chi connectivity index (χ3n) is 4.03. The lowest BCUT2D eigenvalue weighted by molar-refractivity contribution is -0.152. The van der Waals surface area contributed by atoms with Crippen LogP contribution in [0.15, 0.2) is 18.3 Å². The van der Waals surface area contributed by atoms with Crippen molar-refractivity contribution in [1.29, 1.82) is 0 Å². The van der Waals surface area contributed by atoms with E-state index in [0.717, 1.165) is 0 Å². The zero-order chi connectivity index (χ0) is 15.9. The van der Waals surface area contributed by atoms with Gasteiger partial charge in [0.15, 0.2) is 0 Å². The number of aromatic nitrogens is 1. The topological polar surface area (TPSA) is 109 Å². The molecule has 3 N–H and O–H groups in total. The first-order chi connectivity index (χ1) is 10.5. The smallest absolute Gasteiger partial charge is 0.251 e. The summed E-state index contributed by atoms with van der Waals surface area (Å²) in [6, 6.07) is 2.34. The van der Waals surface area contributed by atoms with Crippen LogP contribution in [-0.2, 0) is 9.59 Å². The van der Waals surface area contributed by atoms with E-state index < -0.39 is 6.04 Å². The molecule has 3 heterocycles. The molecule has 1 aromatic rings. The van der Waals surface area contributed by atoms with Gasteiger partial charge in [-0.05, 0) is 18.6 Å². The van der Waals surface area contributed by atoms with Gasteiger partial charge in [-0.1, -0.05) is 0 Å². The van der Waals surface area contributed by atoms with Crippen LogP contribution in [0, 0.1) is 0 Å². The Balaban J connectivity index is 1.69. The minimum absolute atomic E-state index is 0.0792. The van der Waals surface area contributed by atoms with Gasteiger partial charge in [0.25, 0.3) is 5.91 Å². The predicted molar refractivity (Wildman–Crippen MR) is 77.7 cm³/mol. The molecule has 0 radical (unpaired) electrons. The largest absolute Gasteiger partial charge is 0.384 e. The number of nitrogens with two attached hydrogens (primary N) is 1. The van der Waals surface area contributed by atoms with Gasteiger partial charge >= 0.3 is 0 Å². The van der Waals surface area contributed by atoms with E-state index >= 15 is 0 Å². The number of carbonyl (C=O) groups is 3. The molecule has 2 saturated heterocycles. The molecule has 0 bridgehead atoms. The van der Waals surface area contributed by atoms with E-state index in [2.05, 4.69) is 10.3 Å². The molecule has 0 unspecified atom stereocenters. The van der Waals surface area contributed by atoms with Crippen molar-refractivity contribution in [3.63, 3.8) is 0 Å². The van der Waals surface area contributed by atoms with Gasteiger partial charge in [0.2, 0.25) is 11.8 Å². The van der Waals surface area contributed by atoms with Gasteiger partial charge in [0.1, 0.15) is 11.9 Å². The molecule has 22 heavy (non-hydrogen) atoms. The standard InChI is InChI=1S/C14H17N5O3/c1-18-7-12(20)19-6-9(5-10(19)14(18)22)17-13(21)8-2-3-16-11(15)4-8/h2-4,9-10H,5-7H2,1H3,(H2,15,16)(H,17,21)/t9-,10+/m1/s1. The summed E-state index contributed by atoms with van der Waals surface area (Å²) in [5, 5.41) is 2.85. The van der Waals surface area contributed by atoms with Crippen LogP contribution in [0.1, 0.15) is 16.8 Å². The van der Waals surface area contributed by atoms with Crippen LogP contribution in [-0.4, -0.2) is 64.7 Å². The number of piperazine rings is 1. The number of nitrogen functional groups attached to an aromatic ring is 1. The first-order valence-corrected chi connectivity index (χ1v) is 7.02. The third-order valence-corrected chi connectivity index (χ3v) is 4.03. The number of rotatable bonds is 2. The van der Waals surface area contributed by atoms with Crippen LogP contribution in [0.3, 0.4) is 0 Å². The van der Waals surface area contributed by atoms with E-state index in [4.69, 9.17) is 5.73 Å². The molecule has 0 spiro atoms. The average Bonchev–Trinajstić information content (AvgIpc) is 2.89. The van der Waals surface area contributed by atoms with Crippen molar-refractivity contribution < 1.29 is 14.4 Å². The summed E-state index contributed by atoms with van der Waals surface area (Å²) in [7, 11) is 1.61. The highest BCUT2D eigenvalue weighted by Gasteiger charge is 2.44. The maximum Gasteiger partial charge on any atom is 0.251 e. The van der Waals surface area contributed by atoms with Crippen LogP contribution in [0.2, 0.25) is 0 Å². The highest BCUT2D eigenvalue weighted by atomic mass is 16.2. The summed E-state index contributed by atoms with van der Waals surface area (Å²) in [4.78, 5) is 43.1. The fourth-order valence-electron chi connectivity index (χ4n) is 2.93. The van der Waals surface area contributed by atoms with Gasteiger partial charge in [0, 0.05) is 31.4 Å². The summed E-state index contributed by atoms with van der Waals surface area (Å²) in [5.41, 5.74) is 5.97. The highest BCUT2D eigenvalue weighted by molar-refractivity contribution is 5.97. The summed E-state index contributed by atoms with van der Waals surface area (Å²) in [6.07, 6.45) is 1.89. The molecule has 3 amide bonds. The average molecular weight is 303 g/mol. The second-order valence-electron chi connectivity index (χ2n) is 5.63. The van der Waals surface area contributed by atoms with E-state index in [1.54, 1.807) is 18.0 Å². The molecule has 116 valence electrons. The number of anilines is 1. The Labute approximate surface area is 127 Å². The number of fused-ring (bicyclic) bond motifs is 1. The van der Waals surface area contributed by atoms with E-state index in [9.17, 15) is 14.4 Å². The first-order valence-electron chi connectivity index (χ1n) is 7.02. The molecule has 2 aliphatic heterocycles. The summed E-state index contributed by atoms with van der Waals surface area (Å²) in [6.45, 7) is 0.451. The Morgan fingerprint density at radius 3 is 2.95 bits per heavy atom. The van der Waals surface area contributed by atoms with Crippen molar-refractivity contribution >= 4 is 23.5 Å². The molecule has 3 rings (SSSR count). The maximum absolute atomic E-state index is 12.2. The lowest BCUT2D eigenvalue weighted by atomic mass is 10.1. The second kappa shape index (κ2) is 5.28. The third kappa shape index (κ3) is 2.47. The summed E-state index contributed by atoms with van der Waals surface area (Å²) in [5.74, 6) is -0.183. The molecule has 1 aromatic heterocycles. The van der Waals surface area contributed by atoms with Crippen molar-refractivity contribution in [2.24, 2.45) is 0 Å². The molecular weight excluding hydrogens is 286 g/mol. The number of hydrogen-bond donors (Lipinski definition) is 2. The Bertz CT molecular complexity index is 647. The molecule has 2 atom stereocenters. The van der Waals surface area contributed by atoms with Crippen molar-refractivity contribution in [2.75, 3.05) is 25.9 Å². The van der Waals surface area contributed by atoms with Crippen molar-refractivity contribution in [1.82, 2.24) is 20.1 Å². The monoisotopic (exact) mass is 303 g/mol. The predicted octanol–water partition coefficient (Wildman–Crippen LogP) is -1.16. The number of likely N-dealkylation sites (N-methyl/N-ethyl adjacent to an activating group) is 1. The molecule has 0 aliphatic carbocycles. The summed E-state index contributed by atoms with van der Waals surface area (Å²) < 4.78 is 0. The first kappa shape index (κ1) is 14.3.